The van der Waals surface area contributed by atoms with Crippen molar-refractivity contribution in [3.63, 3.8) is 0 Å². The third-order valence-corrected chi connectivity index (χ3v) is 3.38. The molecule has 0 saturated heterocycles. The molecule has 1 aliphatic rings. The van der Waals surface area contributed by atoms with Gasteiger partial charge in [0.2, 0.25) is 5.91 Å². The molecule has 2 rings (SSSR count). The Bertz CT molecular complexity index is 561. The molecular formula is C16H22N2O3. The summed E-state index contributed by atoms with van der Waals surface area (Å²) in [4.78, 5) is 25.7. The molecule has 0 unspecified atom stereocenters. The Morgan fingerprint density at radius 1 is 1.33 bits per heavy atom. The molecule has 5 nitrogen and oxygen atoms in total. The molecule has 1 aliphatic heterocycles. The van der Waals surface area contributed by atoms with Gasteiger partial charge in [-0.05, 0) is 37.1 Å². The van der Waals surface area contributed by atoms with Crippen molar-refractivity contribution in [3.05, 3.63) is 23.8 Å². The molecule has 0 atom stereocenters. The van der Waals surface area contributed by atoms with Gasteiger partial charge in [0.05, 0.1) is 6.61 Å². The molecule has 5 heteroatoms. The van der Waals surface area contributed by atoms with E-state index in [4.69, 9.17) is 4.74 Å². The highest BCUT2D eigenvalue weighted by Crippen LogP contribution is 2.33. The normalized spacial score (nSPS) is 13.8. The molecule has 0 spiro atoms. The summed E-state index contributed by atoms with van der Waals surface area (Å²) < 4.78 is 4.85. The molecule has 0 aromatic heterocycles. The van der Waals surface area contributed by atoms with E-state index in [0.717, 1.165) is 17.7 Å². The van der Waals surface area contributed by atoms with E-state index in [0.29, 0.717) is 18.8 Å². The van der Waals surface area contributed by atoms with Gasteiger partial charge in [0.25, 0.3) is 0 Å². The summed E-state index contributed by atoms with van der Waals surface area (Å²) in [6, 6.07) is 5.58. The van der Waals surface area contributed by atoms with Crippen LogP contribution in [-0.2, 0) is 16.0 Å². The lowest BCUT2D eigenvalue weighted by atomic mass is 9.94. The largest absolute Gasteiger partial charge is 0.450 e. The van der Waals surface area contributed by atoms with Gasteiger partial charge in [-0.2, -0.15) is 0 Å². The Morgan fingerprint density at radius 2 is 2.05 bits per heavy atom. The minimum atomic E-state index is -0.460. The molecule has 1 heterocycles. The van der Waals surface area contributed by atoms with Crippen LogP contribution in [0.3, 0.4) is 0 Å². The van der Waals surface area contributed by atoms with E-state index < -0.39 is 11.5 Å². The van der Waals surface area contributed by atoms with Gasteiger partial charge in [-0.15, -0.1) is 0 Å². The molecule has 1 aromatic carbocycles. The molecule has 0 radical (unpaired) electrons. The SMILES string of the molecule is CCOC(=O)Nc1ccc2c(c1)CCN2C(=O)C(C)(C)C. The molecule has 0 bridgehead atoms. The smallest absolute Gasteiger partial charge is 0.411 e. The molecule has 0 saturated carbocycles. The van der Waals surface area contributed by atoms with Crippen LogP contribution in [0, 0.1) is 5.41 Å². The van der Waals surface area contributed by atoms with Crippen LogP contribution in [0.25, 0.3) is 0 Å². The van der Waals surface area contributed by atoms with E-state index in [1.165, 1.54) is 0 Å². The fraction of sp³-hybridized carbons (Fsp3) is 0.500. The van der Waals surface area contributed by atoms with Crippen molar-refractivity contribution < 1.29 is 14.3 Å². The highest BCUT2D eigenvalue weighted by Gasteiger charge is 2.32. The number of hydrogen-bond acceptors (Lipinski definition) is 3. The van der Waals surface area contributed by atoms with Crippen molar-refractivity contribution in [1.82, 2.24) is 0 Å². The molecule has 1 aromatic rings. The number of carbonyl (C=O) groups excluding carboxylic acids is 2. The zero-order chi connectivity index (χ0) is 15.6. The van der Waals surface area contributed by atoms with Crippen LogP contribution < -0.4 is 10.2 Å². The first kappa shape index (κ1) is 15.4. The molecule has 114 valence electrons. The van der Waals surface area contributed by atoms with Gasteiger partial charge in [-0.1, -0.05) is 20.8 Å². The van der Waals surface area contributed by atoms with Crippen LogP contribution in [0.2, 0.25) is 0 Å². The van der Waals surface area contributed by atoms with Gasteiger partial charge < -0.3 is 9.64 Å². The maximum absolute atomic E-state index is 12.4. The molecule has 0 fully saturated rings. The van der Waals surface area contributed by atoms with Gasteiger partial charge in [-0.25, -0.2) is 4.79 Å². The topological polar surface area (TPSA) is 58.6 Å². The number of rotatable bonds is 2. The van der Waals surface area contributed by atoms with Crippen molar-refractivity contribution in [2.75, 3.05) is 23.4 Å². The number of ether oxygens (including phenoxy) is 1. The lowest BCUT2D eigenvalue weighted by Gasteiger charge is -2.26. The Kier molecular flexibility index (Phi) is 4.21. The molecular weight excluding hydrogens is 268 g/mol. The number of carbonyl (C=O) groups is 2. The van der Waals surface area contributed by atoms with Crippen molar-refractivity contribution in [2.45, 2.75) is 34.1 Å². The second-order valence-corrected chi connectivity index (χ2v) is 6.15. The first-order chi connectivity index (χ1) is 9.82. The summed E-state index contributed by atoms with van der Waals surface area (Å²) in [6.45, 7) is 8.55. The minimum Gasteiger partial charge on any atom is -0.450 e. The number of anilines is 2. The van der Waals surface area contributed by atoms with E-state index >= 15 is 0 Å². The van der Waals surface area contributed by atoms with Gasteiger partial charge in [0.1, 0.15) is 0 Å². The number of amides is 2. The van der Waals surface area contributed by atoms with Crippen molar-refractivity contribution in [1.29, 1.82) is 0 Å². The lowest BCUT2D eigenvalue weighted by molar-refractivity contribution is -0.125. The van der Waals surface area contributed by atoms with Gasteiger partial charge in [-0.3, -0.25) is 10.1 Å². The molecule has 0 aliphatic carbocycles. The number of nitrogens with one attached hydrogen (secondary N) is 1. The third-order valence-electron chi connectivity index (χ3n) is 3.38. The second kappa shape index (κ2) is 5.76. The highest BCUT2D eigenvalue weighted by atomic mass is 16.5. The summed E-state index contributed by atoms with van der Waals surface area (Å²) in [5.74, 6) is 0.118. The second-order valence-electron chi connectivity index (χ2n) is 6.15. The van der Waals surface area contributed by atoms with Crippen molar-refractivity contribution >= 4 is 23.4 Å². The first-order valence-electron chi connectivity index (χ1n) is 7.21. The predicted molar refractivity (Wildman–Crippen MR) is 82.6 cm³/mol. The van der Waals surface area contributed by atoms with Gasteiger partial charge in [0.15, 0.2) is 0 Å². The molecule has 21 heavy (non-hydrogen) atoms. The van der Waals surface area contributed by atoms with E-state index in [1.807, 2.05) is 37.8 Å². The Balaban J connectivity index is 2.17. The number of benzene rings is 1. The summed E-state index contributed by atoms with van der Waals surface area (Å²) in [7, 11) is 0. The fourth-order valence-corrected chi connectivity index (χ4v) is 2.38. The maximum Gasteiger partial charge on any atom is 0.411 e. The Hall–Kier alpha value is -2.04. The monoisotopic (exact) mass is 290 g/mol. The average molecular weight is 290 g/mol. The summed E-state index contributed by atoms with van der Waals surface area (Å²) in [5, 5.41) is 2.68. The van der Waals surface area contributed by atoms with Crippen LogP contribution >= 0.6 is 0 Å². The Labute approximate surface area is 125 Å². The van der Waals surface area contributed by atoms with Crippen LogP contribution in [0.1, 0.15) is 33.3 Å². The zero-order valence-corrected chi connectivity index (χ0v) is 13.0. The van der Waals surface area contributed by atoms with Crippen LogP contribution in [0.4, 0.5) is 16.2 Å². The van der Waals surface area contributed by atoms with Crippen LogP contribution in [0.15, 0.2) is 18.2 Å². The maximum atomic E-state index is 12.4. The van der Waals surface area contributed by atoms with Crippen LogP contribution in [0.5, 0.6) is 0 Å². The average Bonchev–Trinajstić information content (AvgIpc) is 2.79. The molecule has 1 N–H and O–H groups in total. The summed E-state index contributed by atoms with van der Waals surface area (Å²) in [5.41, 5.74) is 2.30. The van der Waals surface area contributed by atoms with Crippen LogP contribution in [-0.4, -0.2) is 25.2 Å². The quantitative estimate of drug-likeness (QED) is 0.910. The lowest BCUT2D eigenvalue weighted by Crippen LogP contribution is -2.38. The van der Waals surface area contributed by atoms with E-state index in [9.17, 15) is 9.59 Å². The fourth-order valence-electron chi connectivity index (χ4n) is 2.38. The molecule has 2 amide bonds. The van der Waals surface area contributed by atoms with Crippen molar-refractivity contribution in [2.24, 2.45) is 5.41 Å². The number of hydrogen-bond donors (Lipinski definition) is 1. The first-order valence-corrected chi connectivity index (χ1v) is 7.21. The van der Waals surface area contributed by atoms with E-state index in [2.05, 4.69) is 5.32 Å². The highest BCUT2D eigenvalue weighted by molar-refractivity contribution is 5.99. The number of fused-ring (bicyclic) bond motifs is 1. The standard InChI is InChI=1S/C16H22N2O3/c1-5-21-15(20)17-12-6-7-13-11(10-12)8-9-18(13)14(19)16(2,3)4/h6-7,10H,5,8-9H2,1-4H3,(H,17,20). The van der Waals surface area contributed by atoms with E-state index in [1.54, 1.807) is 13.0 Å². The van der Waals surface area contributed by atoms with Gasteiger partial charge in [0, 0.05) is 23.3 Å². The van der Waals surface area contributed by atoms with Crippen molar-refractivity contribution in [3.8, 4) is 0 Å². The minimum absolute atomic E-state index is 0.118. The Morgan fingerprint density at radius 3 is 2.67 bits per heavy atom. The number of nitrogens with zero attached hydrogens (tertiary/aromatic N) is 1. The van der Waals surface area contributed by atoms with E-state index in [-0.39, 0.29) is 5.91 Å². The summed E-state index contributed by atoms with van der Waals surface area (Å²) >= 11 is 0. The predicted octanol–water partition coefficient (Wildman–Crippen LogP) is 3.19. The zero-order valence-electron chi connectivity index (χ0n) is 13.0. The third kappa shape index (κ3) is 3.35. The van der Waals surface area contributed by atoms with Gasteiger partial charge >= 0.3 is 6.09 Å². The summed E-state index contributed by atoms with van der Waals surface area (Å²) in [6.07, 6.45) is 0.341.